The molecule has 7 nitrogen and oxygen atoms in total. The molecule has 1 aromatic rings. The van der Waals surface area contributed by atoms with Crippen LogP contribution in [0.1, 0.15) is 95.0 Å². The van der Waals surface area contributed by atoms with Crippen molar-refractivity contribution in [3.05, 3.63) is 5.76 Å². The number of thioether (sulfide) groups is 1. The SMILES string of the molecule is CC(C)(COc1noc(C(=O)NC2C3CC4CC(C3)CC2C4)c1SC1CCCCC1)CC(=O)O. The Morgan fingerprint density at radius 3 is 2.35 bits per heavy atom. The first-order valence-corrected chi connectivity index (χ1v) is 14.0. The molecule has 2 N–H and O–H groups in total. The van der Waals surface area contributed by atoms with Gasteiger partial charge in [-0.2, -0.15) is 0 Å². The van der Waals surface area contributed by atoms with E-state index < -0.39 is 11.4 Å². The summed E-state index contributed by atoms with van der Waals surface area (Å²) in [5.41, 5.74) is -0.555. The normalized spacial score (nSPS) is 30.9. The number of carboxylic acid groups (broad SMARTS) is 1. The molecule has 0 unspecified atom stereocenters. The first-order chi connectivity index (χ1) is 16.3. The van der Waals surface area contributed by atoms with E-state index >= 15 is 0 Å². The fraction of sp³-hybridized carbons (Fsp3) is 0.808. The molecule has 34 heavy (non-hydrogen) atoms. The zero-order valence-electron chi connectivity index (χ0n) is 20.4. The Morgan fingerprint density at radius 2 is 1.74 bits per heavy atom. The minimum Gasteiger partial charge on any atom is -0.481 e. The number of carbonyl (C=O) groups is 2. The van der Waals surface area contributed by atoms with E-state index in [-0.39, 0.29) is 30.7 Å². The number of nitrogens with zero attached hydrogens (tertiary/aromatic N) is 1. The number of carbonyl (C=O) groups excluding carboxylic acids is 1. The van der Waals surface area contributed by atoms with Gasteiger partial charge in [-0.05, 0) is 73.8 Å². The number of nitrogens with one attached hydrogen (secondary N) is 1. The summed E-state index contributed by atoms with van der Waals surface area (Å²) in [4.78, 5) is 25.3. The van der Waals surface area contributed by atoms with Crippen molar-refractivity contribution in [1.82, 2.24) is 10.5 Å². The fourth-order valence-corrected chi connectivity index (χ4v) is 8.40. The zero-order chi connectivity index (χ0) is 23.9. The molecule has 0 saturated heterocycles. The van der Waals surface area contributed by atoms with Crippen molar-refractivity contribution in [1.29, 1.82) is 0 Å². The molecule has 0 aliphatic heterocycles. The summed E-state index contributed by atoms with van der Waals surface area (Å²) < 4.78 is 11.6. The van der Waals surface area contributed by atoms with Crippen molar-refractivity contribution < 1.29 is 24.0 Å². The minimum absolute atomic E-state index is 0.00423. The van der Waals surface area contributed by atoms with Gasteiger partial charge in [-0.1, -0.05) is 33.1 Å². The number of hydrogen-bond acceptors (Lipinski definition) is 6. The lowest BCUT2D eigenvalue weighted by atomic mass is 9.54. The summed E-state index contributed by atoms with van der Waals surface area (Å²) >= 11 is 1.65. The Labute approximate surface area is 206 Å². The molecule has 5 saturated carbocycles. The smallest absolute Gasteiger partial charge is 0.304 e. The van der Waals surface area contributed by atoms with Gasteiger partial charge in [-0.15, -0.1) is 11.8 Å². The van der Waals surface area contributed by atoms with E-state index in [0.717, 1.165) is 24.7 Å². The van der Waals surface area contributed by atoms with Gasteiger partial charge < -0.3 is 19.7 Å². The molecular weight excluding hydrogens is 452 g/mol. The molecule has 0 spiro atoms. The van der Waals surface area contributed by atoms with Gasteiger partial charge in [-0.25, -0.2) is 0 Å². The fourth-order valence-electron chi connectivity index (χ4n) is 7.06. The lowest BCUT2D eigenvalue weighted by molar-refractivity contribution is -0.139. The molecule has 1 amide bonds. The number of aliphatic carboxylic acids is 1. The highest BCUT2D eigenvalue weighted by atomic mass is 32.2. The maximum absolute atomic E-state index is 13.5. The second-order valence-corrected chi connectivity index (χ2v) is 13.3. The molecule has 1 aromatic heterocycles. The van der Waals surface area contributed by atoms with Crippen LogP contribution in [0.5, 0.6) is 5.88 Å². The summed E-state index contributed by atoms with van der Waals surface area (Å²) in [5.74, 6) is 2.43. The Kier molecular flexibility index (Phi) is 6.88. The van der Waals surface area contributed by atoms with Crippen LogP contribution in [0.3, 0.4) is 0 Å². The summed E-state index contributed by atoms with van der Waals surface area (Å²) in [6, 6.07) is 0.233. The van der Waals surface area contributed by atoms with E-state index in [9.17, 15) is 14.7 Å². The quantitative estimate of drug-likeness (QED) is 0.469. The number of amides is 1. The first kappa shape index (κ1) is 24.0. The van der Waals surface area contributed by atoms with Crippen LogP contribution in [0, 0.1) is 29.1 Å². The summed E-state index contributed by atoms with van der Waals surface area (Å²) in [7, 11) is 0. The molecule has 5 fully saturated rings. The van der Waals surface area contributed by atoms with Crippen LogP contribution in [-0.4, -0.2) is 40.0 Å². The molecule has 5 aliphatic carbocycles. The summed E-state index contributed by atoms with van der Waals surface area (Å²) in [5, 5.41) is 17.1. The molecule has 5 aliphatic rings. The van der Waals surface area contributed by atoms with Crippen molar-refractivity contribution in [2.24, 2.45) is 29.1 Å². The Morgan fingerprint density at radius 1 is 1.09 bits per heavy atom. The van der Waals surface area contributed by atoms with Gasteiger partial charge in [0.25, 0.3) is 11.8 Å². The third-order valence-electron chi connectivity index (χ3n) is 8.42. The predicted molar refractivity (Wildman–Crippen MR) is 129 cm³/mol. The van der Waals surface area contributed by atoms with Crippen LogP contribution >= 0.6 is 11.8 Å². The van der Waals surface area contributed by atoms with Gasteiger partial charge in [0.2, 0.25) is 5.76 Å². The van der Waals surface area contributed by atoms with Gasteiger partial charge in [0, 0.05) is 16.7 Å². The van der Waals surface area contributed by atoms with Crippen molar-refractivity contribution >= 4 is 23.6 Å². The lowest BCUT2D eigenvalue weighted by Gasteiger charge is -2.54. The van der Waals surface area contributed by atoms with Gasteiger partial charge in [0.1, 0.15) is 4.90 Å². The Bertz CT molecular complexity index is 879. The highest BCUT2D eigenvalue weighted by molar-refractivity contribution is 8.00. The summed E-state index contributed by atoms with van der Waals surface area (Å²) in [6.45, 7) is 3.91. The summed E-state index contributed by atoms with van der Waals surface area (Å²) in [6.07, 6.45) is 12.2. The van der Waals surface area contributed by atoms with Crippen molar-refractivity contribution in [2.45, 2.75) is 101 Å². The average molecular weight is 491 g/mol. The number of carboxylic acids is 1. The highest BCUT2D eigenvalue weighted by Gasteiger charge is 2.49. The number of rotatable bonds is 9. The molecule has 0 aromatic carbocycles. The molecule has 0 radical (unpaired) electrons. The molecule has 1 heterocycles. The van der Waals surface area contributed by atoms with E-state index in [4.69, 9.17) is 9.26 Å². The van der Waals surface area contributed by atoms with Gasteiger partial charge >= 0.3 is 5.97 Å². The van der Waals surface area contributed by atoms with E-state index in [1.807, 2.05) is 13.8 Å². The van der Waals surface area contributed by atoms with Crippen LogP contribution in [0.25, 0.3) is 0 Å². The Balaban J connectivity index is 1.32. The zero-order valence-corrected chi connectivity index (χ0v) is 21.2. The van der Waals surface area contributed by atoms with Gasteiger partial charge in [0.15, 0.2) is 0 Å². The van der Waals surface area contributed by atoms with E-state index in [2.05, 4.69) is 10.5 Å². The minimum atomic E-state index is -0.860. The van der Waals surface area contributed by atoms with Crippen LogP contribution in [-0.2, 0) is 4.79 Å². The standard InChI is InChI=1S/C26H38N2O5S/c1-26(2,13-20(29)30)14-32-25-23(34-19-6-4-3-5-7-19)22(33-28-25)24(31)27-21-17-9-15-8-16(11-17)12-18(21)10-15/h15-19,21H,3-14H2,1-2H3,(H,27,31)(H,29,30). The topological polar surface area (TPSA) is 102 Å². The number of hydrogen-bond donors (Lipinski definition) is 2. The maximum atomic E-state index is 13.5. The van der Waals surface area contributed by atoms with E-state index in [0.29, 0.717) is 27.9 Å². The van der Waals surface area contributed by atoms with Gasteiger partial charge in [-0.3, -0.25) is 9.59 Å². The molecule has 8 heteroatoms. The van der Waals surface area contributed by atoms with Crippen molar-refractivity contribution in [2.75, 3.05) is 6.61 Å². The molecule has 188 valence electrons. The lowest BCUT2D eigenvalue weighted by Crippen LogP contribution is -2.55. The largest absolute Gasteiger partial charge is 0.481 e. The van der Waals surface area contributed by atoms with Gasteiger partial charge in [0.05, 0.1) is 13.0 Å². The Hall–Kier alpha value is -1.70. The van der Waals surface area contributed by atoms with Crippen LogP contribution < -0.4 is 10.1 Å². The number of ether oxygens (including phenoxy) is 1. The highest BCUT2D eigenvalue weighted by Crippen LogP contribution is 2.54. The van der Waals surface area contributed by atoms with Crippen molar-refractivity contribution in [3.63, 3.8) is 0 Å². The monoisotopic (exact) mass is 490 g/mol. The first-order valence-electron chi connectivity index (χ1n) is 13.1. The molecular formula is C26H38N2O5S. The molecule has 6 rings (SSSR count). The molecule has 4 bridgehead atoms. The second-order valence-electron chi connectivity index (χ2n) is 12.0. The van der Waals surface area contributed by atoms with Crippen LogP contribution in [0.2, 0.25) is 0 Å². The predicted octanol–water partition coefficient (Wildman–Crippen LogP) is 5.53. The maximum Gasteiger partial charge on any atom is 0.304 e. The molecule has 0 atom stereocenters. The number of aromatic nitrogens is 1. The van der Waals surface area contributed by atoms with Crippen LogP contribution in [0.4, 0.5) is 0 Å². The third kappa shape index (κ3) is 5.26. The van der Waals surface area contributed by atoms with E-state index in [1.54, 1.807) is 11.8 Å². The van der Waals surface area contributed by atoms with E-state index in [1.165, 1.54) is 51.4 Å². The average Bonchev–Trinajstić information content (AvgIpc) is 3.17. The van der Waals surface area contributed by atoms with Crippen LogP contribution in [0.15, 0.2) is 9.42 Å². The second kappa shape index (κ2) is 9.75. The van der Waals surface area contributed by atoms with Crippen molar-refractivity contribution in [3.8, 4) is 5.88 Å². The third-order valence-corrected chi connectivity index (χ3v) is 9.82.